The largest absolute Gasteiger partial charge is 0.392 e. The number of aliphatic hydroxyl groups is 1. The van der Waals surface area contributed by atoms with E-state index in [4.69, 9.17) is 4.74 Å². The summed E-state index contributed by atoms with van der Waals surface area (Å²) in [5, 5.41) is 10.7. The summed E-state index contributed by atoms with van der Waals surface area (Å²) in [5.74, 6) is 0.816. The summed E-state index contributed by atoms with van der Waals surface area (Å²) in [5.41, 5.74) is 0.121. The minimum atomic E-state index is -0.332. The number of hydrogen-bond acceptors (Lipinski definition) is 3. The van der Waals surface area contributed by atoms with Gasteiger partial charge < -0.3 is 14.7 Å². The smallest absolute Gasteiger partial charge is 0.223 e. The molecule has 3 aliphatic rings. The Morgan fingerprint density at radius 2 is 1.95 bits per heavy atom. The lowest BCUT2D eigenvalue weighted by Gasteiger charge is -2.37. The molecule has 2 bridgehead atoms. The zero-order chi connectivity index (χ0) is 14.5. The maximum atomic E-state index is 12.5. The van der Waals surface area contributed by atoms with E-state index in [1.165, 1.54) is 0 Å². The molecule has 0 unspecified atom stereocenters. The molecule has 0 aromatic heterocycles. The van der Waals surface area contributed by atoms with Gasteiger partial charge in [0.25, 0.3) is 0 Å². The van der Waals surface area contributed by atoms with Crippen LogP contribution >= 0.6 is 0 Å². The van der Waals surface area contributed by atoms with Gasteiger partial charge in [0.15, 0.2) is 0 Å². The topological polar surface area (TPSA) is 49.8 Å². The third kappa shape index (κ3) is 1.84. The molecule has 1 saturated heterocycles. The van der Waals surface area contributed by atoms with E-state index in [0.29, 0.717) is 38.6 Å². The average Bonchev–Trinajstić information content (AvgIpc) is 2.74. The van der Waals surface area contributed by atoms with E-state index in [1.807, 2.05) is 4.90 Å². The van der Waals surface area contributed by atoms with E-state index in [9.17, 15) is 9.90 Å². The molecular formula is C16H27NO3. The van der Waals surface area contributed by atoms with Crippen molar-refractivity contribution in [1.82, 2.24) is 4.90 Å². The molecule has 0 aromatic carbocycles. The number of morpholine rings is 1. The first-order chi connectivity index (χ1) is 9.38. The van der Waals surface area contributed by atoms with Crippen molar-refractivity contribution in [1.29, 1.82) is 0 Å². The maximum absolute atomic E-state index is 12.5. The van der Waals surface area contributed by atoms with Crippen LogP contribution in [0.3, 0.4) is 0 Å². The summed E-state index contributed by atoms with van der Waals surface area (Å²) in [6.45, 7) is 9.44. The fraction of sp³-hybridized carbons (Fsp3) is 0.938. The predicted molar refractivity (Wildman–Crippen MR) is 76.1 cm³/mol. The van der Waals surface area contributed by atoms with Crippen LogP contribution in [-0.4, -0.2) is 48.3 Å². The maximum Gasteiger partial charge on any atom is 0.223 e. The lowest BCUT2D eigenvalue weighted by molar-refractivity contribution is -0.138. The monoisotopic (exact) mass is 281 g/mol. The molecular weight excluding hydrogens is 254 g/mol. The van der Waals surface area contributed by atoms with Gasteiger partial charge >= 0.3 is 0 Å². The molecule has 114 valence electrons. The van der Waals surface area contributed by atoms with Gasteiger partial charge in [-0.25, -0.2) is 0 Å². The van der Waals surface area contributed by atoms with Crippen molar-refractivity contribution in [2.75, 3.05) is 26.3 Å². The molecule has 4 nitrogen and oxygen atoms in total. The van der Waals surface area contributed by atoms with Gasteiger partial charge in [0.05, 0.1) is 19.3 Å². The van der Waals surface area contributed by atoms with E-state index >= 15 is 0 Å². The number of ether oxygens (including phenoxy) is 1. The highest BCUT2D eigenvalue weighted by Gasteiger charge is 2.65. The molecule has 1 N–H and O–H groups in total. The van der Waals surface area contributed by atoms with Crippen LogP contribution in [0.5, 0.6) is 0 Å². The van der Waals surface area contributed by atoms with Crippen molar-refractivity contribution in [3.05, 3.63) is 0 Å². The normalized spacial score (nSPS) is 43.0. The highest BCUT2D eigenvalue weighted by atomic mass is 16.5. The second-order valence-corrected chi connectivity index (χ2v) is 7.59. The van der Waals surface area contributed by atoms with E-state index in [0.717, 1.165) is 12.8 Å². The van der Waals surface area contributed by atoms with Crippen molar-refractivity contribution in [3.63, 3.8) is 0 Å². The number of carbonyl (C=O) groups excluding carboxylic acids is 1. The highest BCUT2D eigenvalue weighted by Crippen LogP contribution is 2.68. The standard InChI is InChI=1S/C16H27NO3/c1-15(2)12-4-5-16(15,3)14(19)11(12)10-13(18)17-6-8-20-9-7-17/h11-12,14,19H,4-10H2,1-3H3/t11-,12-,14-,16+/m1/s1. The van der Waals surface area contributed by atoms with Gasteiger partial charge in [0, 0.05) is 19.5 Å². The third-order valence-electron chi connectivity index (χ3n) is 6.72. The summed E-state index contributed by atoms with van der Waals surface area (Å²) < 4.78 is 5.30. The Hall–Kier alpha value is -0.610. The Morgan fingerprint density at radius 3 is 2.50 bits per heavy atom. The van der Waals surface area contributed by atoms with Crippen LogP contribution in [0.2, 0.25) is 0 Å². The number of aliphatic hydroxyl groups excluding tert-OH is 1. The van der Waals surface area contributed by atoms with Crippen LogP contribution < -0.4 is 0 Å². The number of rotatable bonds is 2. The summed E-state index contributed by atoms with van der Waals surface area (Å²) in [4.78, 5) is 14.4. The molecule has 0 aromatic rings. The number of carbonyl (C=O) groups is 1. The Bertz CT molecular complexity index is 403. The number of hydrogen-bond donors (Lipinski definition) is 1. The lowest BCUT2D eigenvalue weighted by atomic mass is 9.70. The zero-order valence-corrected chi connectivity index (χ0v) is 12.9. The van der Waals surface area contributed by atoms with Gasteiger partial charge in [-0.15, -0.1) is 0 Å². The SMILES string of the molecule is CC1(C)[C@@H]2CC[C@@]1(C)[C@H](O)[C@@H]2CC(=O)N1CCOCC1. The molecule has 4 heteroatoms. The number of amides is 1. The summed E-state index contributed by atoms with van der Waals surface area (Å²) in [6, 6.07) is 0. The second kappa shape index (κ2) is 4.70. The molecule has 0 radical (unpaired) electrons. The van der Waals surface area contributed by atoms with E-state index in [1.54, 1.807) is 0 Å². The molecule has 4 atom stereocenters. The van der Waals surface area contributed by atoms with Gasteiger partial charge in [-0.1, -0.05) is 20.8 Å². The van der Waals surface area contributed by atoms with Gasteiger partial charge in [-0.3, -0.25) is 4.79 Å². The summed E-state index contributed by atoms with van der Waals surface area (Å²) >= 11 is 0. The first-order valence-electron chi connectivity index (χ1n) is 7.91. The van der Waals surface area contributed by atoms with E-state index in [2.05, 4.69) is 20.8 Å². The molecule has 3 fully saturated rings. The van der Waals surface area contributed by atoms with Crippen molar-refractivity contribution >= 4 is 5.91 Å². The van der Waals surface area contributed by atoms with Gasteiger partial charge in [-0.05, 0) is 35.5 Å². The van der Waals surface area contributed by atoms with Crippen LogP contribution in [0.25, 0.3) is 0 Å². The summed E-state index contributed by atoms with van der Waals surface area (Å²) in [7, 11) is 0. The van der Waals surface area contributed by atoms with Gasteiger partial charge in [-0.2, -0.15) is 0 Å². The molecule has 1 heterocycles. The van der Waals surface area contributed by atoms with Crippen LogP contribution in [0.4, 0.5) is 0 Å². The highest BCUT2D eigenvalue weighted by molar-refractivity contribution is 5.76. The summed E-state index contributed by atoms with van der Waals surface area (Å²) in [6.07, 6.45) is 2.42. The number of fused-ring (bicyclic) bond motifs is 2. The fourth-order valence-corrected chi connectivity index (χ4v) is 4.93. The molecule has 2 saturated carbocycles. The van der Waals surface area contributed by atoms with Crippen molar-refractivity contribution < 1.29 is 14.6 Å². The Balaban J connectivity index is 1.71. The molecule has 2 aliphatic carbocycles. The van der Waals surface area contributed by atoms with Crippen molar-refractivity contribution in [3.8, 4) is 0 Å². The van der Waals surface area contributed by atoms with Gasteiger partial charge in [0.1, 0.15) is 0 Å². The van der Waals surface area contributed by atoms with Crippen LogP contribution in [-0.2, 0) is 9.53 Å². The van der Waals surface area contributed by atoms with E-state index in [-0.39, 0.29) is 28.8 Å². The quantitative estimate of drug-likeness (QED) is 0.837. The predicted octanol–water partition coefficient (Wildman–Crippen LogP) is 1.67. The molecule has 3 rings (SSSR count). The minimum Gasteiger partial charge on any atom is -0.392 e. The van der Waals surface area contributed by atoms with Crippen LogP contribution in [0.15, 0.2) is 0 Å². The van der Waals surface area contributed by atoms with Crippen LogP contribution in [0.1, 0.15) is 40.0 Å². The zero-order valence-electron chi connectivity index (χ0n) is 12.9. The van der Waals surface area contributed by atoms with Crippen LogP contribution in [0, 0.1) is 22.7 Å². The molecule has 0 spiro atoms. The Labute approximate surface area is 121 Å². The fourth-order valence-electron chi connectivity index (χ4n) is 4.93. The first-order valence-corrected chi connectivity index (χ1v) is 7.91. The Kier molecular flexibility index (Phi) is 3.37. The lowest BCUT2D eigenvalue weighted by Crippen LogP contribution is -2.43. The molecule has 1 aliphatic heterocycles. The Morgan fingerprint density at radius 1 is 1.30 bits per heavy atom. The van der Waals surface area contributed by atoms with Crippen molar-refractivity contribution in [2.24, 2.45) is 22.7 Å². The second-order valence-electron chi connectivity index (χ2n) is 7.59. The van der Waals surface area contributed by atoms with Crippen molar-refractivity contribution in [2.45, 2.75) is 46.1 Å². The molecule has 20 heavy (non-hydrogen) atoms. The van der Waals surface area contributed by atoms with Gasteiger partial charge in [0.2, 0.25) is 5.91 Å². The molecule has 1 amide bonds. The first kappa shape index (κ1) is 14.3. The number of nitrogens with zero attached hydrogens (tertiary/aromatic N) is 1. The third-order valence-corrected chi connectivity index (χ3v) is 6.72. The average molecular weight is 281 g/mol. The minimum absolute atomic E-state index is 0.0202. The van der Waals surface area contributed by atoms with E-state index < -0.39 is 0 Å².